The van der Waals surface area contributed by atoms with Crippen LogP contribution in [-0.4, -0.2) is 19.5 Å². The van der Waals surface area contributed by atoms with E-state index in [4.69, 9.17) is 9.47 Å². The summed E-state index contributed by atoms with van der Waals surface area (Å²) in [4.78, 5) is 11.2. The van der Waals surface area contributed by atoms with Gasteiger partial charge in [-0.15, -0.1) is 11.3 Å². The number of hydrogen-bond donors (Lipinski definition) is 0. The van der Waals surface area contributed by atoms with Crippen LogP contribution < -0.4 is 0 Å². The zero-order chi connectivity index (χ0) is 9.47. The summed E-state index contributed by atoms with van der Waals surface area (Å²) in [7, 11) is 1.61. The van der Waals surface area contributed by atoms with Crippen molar-refractivity contribution in [3.8, 4) is 0 Å². The van der Waals surface area contributed by atoms with Gasteiger partial charge in [0.05, 0.1) is 4.88 Å². The third kappa shape index (κ3) is 1.22. The molecule has 0 spiro atoms. The molecular formula is C9H10O3S. The molecule has 4 heteroatoms. The van der Waals surface area contributed by atoms with Crippen LogP contribution in [0.25, 0.3) is 0 Å². The standard InChI is InChI=1S/C9H10O3S/c1-6-9(11-2,12-6)7-3-8(4-10)13-5-7/h3-6H,1-2H3. The molecule has 1 aliphatic rings. The smallest absolute Gasteiger partial charge is 0.223 e. The van der Waals surface area contributed by atoms with Gasteiger partial charge in [-0.2, -0.15) is 0 Å². The first-order valence-corrected chi connectivity index (χ1v) is 4.88. The Hall–Kier alpha value is -0.710. The lowest BCUT2D eigenvalue weighted by Gasteiger charge is -2.06. The van der Waals surface area contributed by atoms with Gasteiger partial charge in [-0.05, 0) is 13.0 Å². The van der Waals surface area contributed by atoms with Gasteiger partial charge >= 0.3 is 0 Å². The topological polar surface area (TPSA) is 38.8 Å². The Morgan fingerprint density at radius 2 is 2.46 bits per heavy atom. The van der Waals surface area contributed by atoms with Crippen LogP contribution in [0.4, 0.5) is 0 Å². The van der Waals surface area contributed by atoms with Gasteiger partial charge in [0.2, 0.25) is 5.79 Å². The molecule has 0 saturated carbocycles. The van der Waals surface area contributed by atoms with Crippen LogP contribution in [0.1, 0.15) is 22.2 Å². The third-order valence-corrected chi connectivity index (χ3v) is 3.13. The Kier molecular flexibility index (Phi) is 1.98. The van der Waals surface area contributed by atoms with E-state index in [0.29, 0.717) is 4.88 Å². The highest BCUT2D eigenvalue weighted by atomic mass is 32.1. The molecule has 0 amide bonds. The summed E-state index contributed by atoms with van der Waals surface area (Å²) in [6.45, 7) is 1.95. The normalized spacial score (nSPS) is 31.7. The van der Waals surface area contributed by atoms with Crippen molar-refractivity contribution in [2.75, 3.05) is 7.11 Å². The highest BCUT2D eigenvalue weighted by Crippen LogP contribution is 2.47. The average molecular weight is 198 g/mol. The lowest BCUT2D eigenvalue weighted by atomic mass is 10.1. The second-order valence-electron chi connectivity index (χ2n) is 2.99. The molecule has 0 radical (unpaired) electrons. The van der Waals surface area contributed by atoms with E-state index in [2.05, 4.69) is 0 Å². The summed E-state index contributed by atoms with van der Waals surface area (Å²) in [5.74, 6) is -0.586. The minimum Gasteiger partial charge on any atom is -0.347 e. The van der Waals surface area contributed by atoms with Gasteiger partial charge in [0, 0.05) is 18.1 Å². The Labute approximate surface area is 80.3 Å². The maximum atomic E-state index is 10.5. The lowest BCUT2D eigenvalue weighted by molar-refractivity contribution is -0.0138. The predicted octanol–water partition coefficient (Wildman–Crippen LogP) is 1.78. The first-order valence-electron chi connectivity index (χ1n) is 4.00. The van der Waals surface area contributed by atoms with Crippen molar-refractivity contribution in [1.29, 1.82) is 0 Å². The molecule has 13 heavy (non-hydrogen) atoms. The monoisotopic (exact) mass is 198 g/mol. The maximum absolute atomic E-state index is 10.5. The number of hydrogen-bond acceptors (Lipinski definition) is 4. The number of rotatable bonds is 3. The fourth-order valence-corrected chi connectivity index (χ4v) is 2.21. The summed E-state index contributed by atoms with van der Waals surface area (Å²) >= 11 is 1.41. The van der Waals surface area contributed by atoms with E-state index in [-0.39, 0.29) is 6.10 Å². The molecule has 2 atom stereocenters. The second-order valence-corrected chi connectivity index (χ2v) is 3.93. The van der Waals surface area contributed by atoms with Crippen molar-refractivity contribution in [2.45, 2.75) is 18.8 Å². The van der Waals surface area contributed by atoms with Gasteiger partial charge < -0.3 is 9.47 Å². The van der Waals surface area contributed by atoms with Crippen molar-refractivity contribution >= 4 is 17.6 Å². The Morgan fingerprint density at radius 1 is 1.77 bits per heavy atom. The Balaban J connectivity index is 2.30. The van der Waals surface area contributed by atoms with Crippen LogP contribution in [0.5, 0.6) is 0 Å². The van der Waals surface area contributed by atoms with Crippen molar-refractivity contribution in [1.82, 2.24) is 0 Å². The Bertz CT molecular complexity index is 329. The van der Waals surface area contributed by atoms with Crippen LogP contribution in [0, 0.1) is 0 Å². The molecule has 0 bridgehead atoms. The van der Waals surface area contributed by atoms with Crippen molar-refractivity contribution in [3.63, 3.8) is 0 Å². The van der Waals surface area contributed by atoms with E-state index >= 15 is 0 Å². The van der Waals surface area contributed by atoms with Gasteiger partial charge in [-0.1, -0.05) is 0 Å². The summed E-state index contributed by atoms with van der Waals surface area (Å²) in [6.07, 6.45) is 0.913. The fraction of sp³-hybridized carbons (Fsp3) is 0.444. The van der Waals surface area contributed by atoms with Crippen molar-refractivity contribution in [2.24, 2.45) is 0 Å². The molecule has 0 aromatic carbocycles. The van der Waals surface area contributed by atoms with Crippen molar-refractivity contribution in [3.05, 3.63) is 21.9 Å². The van der Waals surface area contributed by atoms with Crippen LogP contribution in [-0.2, 0) is 15.3 Å². The number of thiophene rings is 1. The molecule has 1 fully saturated rings. The van der Waals surface area contributed by atoms with E-state index in [9.17, 15) is 4.79 Å². The summed E-state index contributed by atoms with van der Waals surface area (Å²) in [6, 6.07) is 1.81. The van der Waals surface area contributed by atoms with E-state index < -0.39 is 5.79 Å². The minimum absolute atomic E-state index is 0.0756. The molecule has 2 heterocycles. The molecule has 1 aromatic rings. The number of aldehydes is 1. The van der Waals surface area contributed by atoms with Gasteiger partial charge in [-0.3, -0.25) is 4.79 Å². The average Bonchev–Trinajstić information content (AvgIpc) is 2.65. The number of methoxy groups -OCH3 is 1. The van der Waals surface area contributed by atoms with Crippen LogP contribution in [0.15, 0.2) is 11.4 Å². The molecule has 1 aromatic heterocycles. The molecule has 2 unspecified atom stereocenters. The summed E-state index contributed by atoms with van der Waals surface area (Å²) in [5.41, 5.74) is 0.939. The molecule has 70 valence electrons. The lowest BCUT2D eigenvalue weighted by Crippen LogP contribution is -2.12. The molecule has 1 aliphatic heterocycles. The molecule has 3 nitrogen and oxygen atoms in total. The highest BCUT2D eigenvalue weighted by molar-refractivity contribution is 7.11. The number of epoxide rings is 1. The van der Waals surface area contributed by atoms with Gasteiger partial charge in [0.25, 0.3) is 0 Å². The SMILES string of the molecule is COC1(c2csc(C=O)c2)OC1C. The van der Waals surface area contributed by atoms with E-state index in [1.165, 1.54) is 11.3 Å². The maximum Gasteiger partial charge on any atom is 0.223 e. The Morgan fingerprint density at radius 3 is 2.85 bits per heavy atom. The quantitative estimate of drug-likeness (QED) is 0.549. The van der Waals surface area contributed by atoms with Crippen LogP contribution in [0.2, 0.25) is 0 Å². The van der Waals surface area contributed by atoms with Crippen LogP contribution in [0.3, 0.4) is 0 Å². The van der Waals surface area contributed by atoms with Gasteiger partial charge in [-0.25, -0.2) is 0 Å². The third-order valence-electron chi connectivity index (χ3n) is 2.27. The number of carbonyl (C=O) groups excluding carboxylic acids is 1. The largest absolute Gasteiger partial charge is 0.347 e. The van der Waals surface area contributed by atoms with Gasteiger partial charge in [0.1, 0.15) is 6.10 Å². The first kappa shape index (κ1) is 8.87. The predicted molar refractivity (Wildman–Crippen MR) is 48.9 cm³/mol. The first-order chi connectivity index (χ1) is 6.23. The molecule has 2 rings (SSSR count). The zero-order valence-electron chi connectivity index (χ0n) is 7.44. The van der Waals surface area contributed by atoms with Crippen LogP contribution >= 0.6 is 11.3 Å². The van der Waals surface area contributed by atoms with Crippen molar-refractivity contribution < 1.29 is 14.3 Å². The second kappa shape index (κ2) is 2.90. The molecule has 1 saturated heterocycles. The number of ether oxygens (including phenoxy) is 2. The molecular weight excluding hydrogens is 188 g/mol. The minimum atomic E-state index is -0.586. The summed E-state index contributed by atoms with van der Waals surface area (Å²) in [5, 5.41) is 1.90. The zero-order valence-corrected chi connectivity index (χ0v) is 8.26. The van der Waals surface area contributed by atoms with E-state index in [1.807, 2.05) is 18.4 Å². The highest BCUT2D eigenvalue weighted by Gasteiger charge is 2.56. The molecule has 0 N–H and O–H groups in total. The van der Waals surface area contributed by atoms with Gasteiger partial charge in [0.15, 0.2) is 6.29 Å². The van der Waals surface area contributed by atoms with E-state index in [0.717, 1.165) is 11.8 Å². The summed E-state index contributed by atoms with van der Waals surface area (Å²) < 4.78 is 10.6. The number of carbonyl (C=O) groups is 1. The fourth-order valence-electron chi connectivity index (χ4n) is 1.46. The molecule has 0 aliphatic carbocycles. The van der Waals surface area contributed by atoms with E-state index in [1.54, 1.807) is 7.11 Å².